The molecule has 3 rings (SSSR count). The first-order valence-corrected chi connectivity index (χ1v) is 7.00. The summed E-state index contributed by atoms with van der Waals surface area (Å²) in [5.41, 5.74) is 0.849. The summed E-state index contributed by atoms with van der Waals surface area (Å²) in [5.74, 6) is 0.691. The maximum atomic E-state index is 12.5. The molecule has 21 heavy (non-hydrogen) atoms. The summed E-state index contributed by atoms with van der Waals surface area (Å²) in [6.45, 7) is 0.698. The fraction of sp³-hybridized carbons (Fsp3) is 0.429. The monoisotopic (exact) mass is 287 g/mol. The molecule has 1 aliphatic heterocycles. The maximum Gasteiger partial charge on any atom is 0.291 e. The molecule has 0 aromatic carbocycles. The molecular weight excluding hydrogens is 270 g/mol. The van der Waals surface area contributed by atoms with Crippen LogP contribution in [0.4, 0.5) is 5.95 Å². The van der Waals surface area contributed by atoms with E-state index in [0.29, 0.717) is 12.5 Å². The van der Waals surface area contributed by atoms with Crippen LogP contribution in [0.3, 0.4) is 0 Å². The number of rotatable bonds is 3. The van der Waals surface area contributed by atoms with E-state index in [1.807, 2.05) is 11.0 Å². The van der Waals surface area contributed by atoms with E-state index in [-0.39, 0.29) is 17.7 Å². The molecule has 0 radical (unpaired) electrons. The van der Waals surface area contributed by atoms with Gasteiger partial charge >= 0.3 is 0 Å². The fourth-order valence-electron chi connectivity index (χ4n) is 2.62. The SMILES string of the molecule is CNc1nccc(C2CCCCN2C(=O)c2cnco2)n1. The normalized spacial score (nSPS) is 18.5. The number of aromatic nitrogens is 3. The number of oxazole rings is 1. The third-order valence-electron chi connectivity index (χ3n) is 3.65. The van der Waals surface area contributed by atoms with Crippen molar-refractivity contribution in [3.8, 4) is 0 Å². The average Bonchev–Trinajstić information content (AvgIpc) is 3.09. The highest BCUT2D eigenvalue weighted by atomic mass is 16.3. The summed E-state index contributed by atoms with van der Waals surface area (Å²) in [5, 5.41) is 2.92. The Hall–Kier alpha value is -2.44. The summed E-state index contributed by atoms with van der Waals surface area (Å²) in [7, 11) is 1.78. The van der Waals surface area contributed by atoms with Gasteiger partial charge in [-0.2, -0.15) is 0 Å². The van der Waals surface area contributed by atoms with Crippen LogP contribution < -0.4 is 5.32 Å². The number of carbonyl (C=O) groups is 1. The molecule has 7 nitrogen and oxygen atoms in total. The van der Waals surface area contributed by atoms with Gasteiger partial charge in [0.2, 0.25) is 11.7 Å². The Morgan fingerprint density at radius 3 is 3.14 bits per heavy atom. The Morgan fingerprint density at radius 1 is 1.48 bits per heavy atom. The molecule has 1 aliphatic rings. The molecule has 2 aromatic rings. The van der Waals surface area contributed by atoms with Crippen LogP contribution in [0.25, 0.3) is 0 Å². The van der Waals surface area contributed by atoms with Crippen molar-refractivity contribution in [2.24, 2.45) is 0 Å². The molecule has 1 saturated heterocycles. The molecule has 2 aromatic heterocycles. The molecule has 110 valence electrons. The Balaban J connectivity index is 1.89. The minimum Gasteiger partial charge on any atom is -0.438 e. The van der Waals surface area contributed by atoms with E-state index < -0.39 is 0 Å². The van der Waals surface area contributed by atoms with Crippen LogP contribution in [0.2, 0.25) is 0 Å². The van der Waals surface area contributed by atoms with E-state index in [0.717, 1.165) is 25.0 Å². The van der Waals surface area contributed by atoms with E-state index in [1.165, 1.54) is 12.6 Å². The van der Waals surface area contributed by atoms with E-state index in [4.69, 9.17) is 4.42 Å². The second-order valence-corrected chi connectivity index (χ2v) is 4.93. The van der Waals surface area contributed by atoms with Crippen molar-refractivity contribution in [3.05, 3.63) is 36.3 Å². The predicted molar refractivity (Wildman–Crippen MR) is 75.7 cm³/mol. The quantitative estimate of drug-likeness (QED) is 0.927. The summed E-state index contributed by atoms with van der Waals surface area (Å²) in [6.07, 6.45) is 7.38. The van der Waals surface area contributed by atoms with Crippen LogP contribution >= 0.6 is 0 Å². The van der Waals surface area contributed by atoms with Crippen LogP contribution in [0.5, 0.6) is 0 Å². The number of hydrogen-bond acceptors (Lipinski definition) is 6. The molecule has 1 amide bonds. The van der Waals surface area contributed by atoms with Gasteiger partial charge in [0.15, 0.2) is 6.39 Å². The lowest BCUT2D eigenvalue weighted by molar-refractivity contribution is 0.0573. The Morgan fingerprint density at radius 2 is 2.38 bits per heavy atom. The zero-order chi connectivity index (χ0) is 14.7. The number of hydrogen-bond donors (Lipinski definition) is 1. The highest BCUT2D eigenvalue weighted by Crippen LogP contribution is 2.31. The maximum absolute atomic E-state index is 12.5. The first kappa shape index (κ1) is 13.5. The van der Waals surface area contributed by atoms with E-state index in [9.17, 15) is 4.79 Å². The lowest BCUT2D eigenvalue weighted by Crippen LogP contribution is -2.38. The Bertz CT molecular complexity index is 614. The first-order valence-electron chi connectivity index (χ1n) is 7.00. The number of amides is 1. The predicted octanol–water partition coefficient (Wildman–Crippen LogP) is 1.87. The van der Waals surface area contributed by atoms with E-state index >= 15 is 0 Å². The third-order valence-corrected chi connectivity index (χ3v) is 3.65. The minimum atomic E-state index is -0.137. The molecular formula is C14H17N5O2. The van der Waals surface area contributed by atoms with Gasteiger partial charge in [0.25, 0.3) is 5.91 Å². The number of nitrogens with zero attached hydrogens (tertiary/aromatic N) is 4. The number of nitrogens with one attached hydrogen (secondary N) is 1. The van der Waals surface area contributed by atoms with Gasteiger partial charge in [-0.15, -0.1) is 0 Å². The topological polar surface area (TPSA) is 84.2 Å². The van der Waals surface area contributed by atoms with Crippen molar-refractivity contribution >= 4 is 11.9 Å². The molecule has 0 bridgehead atoms. The minimum absolute atomic E-state index is 0.0496. The molecule has 1 fully saturated rings. The molecule has 3 heterocycles. The molecule has 0 saturated carbocycles. The van der Waals surface area contributed by atoms with Crippen molar-refractivity contribution in [1.82, 2.24) is 19.9 Å². The van der Waals surface area contributed by atoms with E-state index in [2.05, 4.69) is 20.3 Å². The van der Waals surface area contributed by atoms with Gasteiger partial charge < -0.3 is 14.6 Å². The number of piperidine rings is 1. The summed E-state index contributed by atoms with van der Waals surface area (Å²) in [6, 6.07) is 1.81. The molecule has 1 N–H and O–H groups in total. The van der Waals surface area contributed by atoms with Gasteiger partial charge in [0.05, 0.1) is 17.9 Å². The Labute approximate surface area is 122 Å². The van der Waals surface area contributed by atoms with Crippen LogP contribution in [0.1, 0.15) is 41.6 Å². The largest absolute Gasteiger partial charge is 0.438 e. The number of anilines is 1. The molecule has 0 spiro atoms. The van der Waals surface area contributed by atoms with Crippen molar-refractivity contribution in [3.63, 3.8) is 0 Å². The summed E-state index contributed by atoms with van der Waals surface area (Å²) < 4.78 is 5.13. The van der Waals surface area contributed by atoms with E-state index in [1.54, 1.807) is 13.2 Å². The van der Waals surface area contributed by atoms with Crippen molar-refractivity contribution in [1.29, 1.82) is 0 Å². The number of likely N-dealkylation sites (tertiary alicyclic amines) is 1. The molecule has 1 atom stereocenters. The third kappa shape index (κ3) is 2.72. The fourth-order valence-corrected chi connectivity index (χ4v) is 2.62. The molecule has 7 heteroatoms. The number of carbonyl (C=O) groups excluding carboxylic acids is 1. The summed E-state index contributed by atoms with van der Waals surface area (Å²) >= 11 is 0. The van der Waals surface area contributed by atoms with Gasteiger partial charge in [0.1, 0.15) is 0 Å². The molecule has 1 unspecified atom stereocenters. The van der Waals surface area contributed by atoms with Gasteiger partial charge in [-0.1, -0.05) is 0 Å². The second-order valence-electron chi connectivity index (χ2n) is 4.93. The van der Waals surface area contributed by atoms with Crippen LogP contribution in [-0.2, 0) is 0 Å². The van der Waals surface area contributed by atoms with Gasteiger partial charge in [0, 0.05) is 19.8 Å². The van der Waals surface area contributed by atoms with Gasteiger partial charge in [-0.05, 0) is 25.3 Å². The van der Waals surface area contributed by atoms with Crippen molar-refractivity contribution in [2.75, 3.05) is 18.9 Å². The highest BCUT2D eigenvalue weighted by molar-refractivity contribution is 5.91. The van der Waals surface area contributed by atoms with Crippen LogP contribution in [0.15, 0.2) is 29.3 Å². The standard InChI is InChI=1S/C14H17N5O2/c1-15-14-17-6-5-10(18-14)11-4-2-3-7-19(11)13(20)12-8-16-9-21-12/h5-6,8-9,11H,2-4,7H2,1H3,(H,15,17,18). The zero-order valence-corrected chi connectivity index (χ0v) is 11.8. The zero-order valence-electron chi connectivity index (χ0n) is 11.8. The smallest absolute Gasteiger partial charge is 0.291 e. The lowest BCUT2D eigenvalue weighted by Gasteiger charge is -2.34. The highest BCUT2D eigenvalue weighted by Gasteiger charge is 2.31. The van der Waals surface area contributed by atoms with Gasteiger partial charge in [-0.25, -0.2) is 15.0 Å². The molecule has 0 aliphatic carbocycles. The van der Waals surface area contributed by atoms with Crippen LogP contribution in [-0.4, -0.2) is 39.4 Å². The Kier molecular flexibility index (Phi) is 3.81. The first-order chi connectivity index (χ1) is 10.3. The van der Waals surface area contributed by atoms with Crippen molar-refractivity contribution in [2.45, 2.75) is 25.3 Å². The van der Waals surface area contributed by atoms with Crippen LogP contribution in [0, 0.1) is 0 Å². The van der Waals surface area contributed by atoms with Gasteiger partial charge in [-0.3, -0.25) is 4.79 Å². The lowest BCUT2D eigenvalue weighted by atomic mass is 9.99. The summed E-state index contributed by atoms with van der Waals surface area (Å²) in [4.78, 5) is 26.7. The van der Waals surface area contributed by atoms with Crippen molar-refractivity contribution < 1.29 is 9.21 Å². The second kappa shape index (κ2) is 5.90. The average molecular weight is 287 g/mol.